The van der Waals surface area contributed by atoms with Gasteiger partial charge in [-0.15, -0.1) is 0 Å². The summed E-state index contributed by atoms with van der Waals surface area (Å²) in [5.74, 6) is 0. The van der Waals surface area contributed by atoms with Gasteiger partial charge in [0.1, 0.15) is 0 Å². The molecule has 4 nitrogen and oxygen atoms in total. The van der Waals surface area contributed by atoms with Gasteiger partial charge in [0.05, 0.1) is 4.90 Å². The number of hydrogen-bond acceptors (Lipinski definition) is 3. The number of rotatable bonds is 5. The highest BCUT2D eigenvalue weighted by Crippen LogP contribution is 2.27. The van der Waals surface area contributed by atoms with Gasteiger partial charge < -0.3 is 5.32 Å². The molecular weight excluding hydrogens is 260 g/mol. The van der Waals surface area contributed by atoms with Crippen molar-refractivity contribution in [3.05, 3.63) is 29.8 Å². The molecule has 1 aliphatic heterocycles. The van der Waals surface area contributed by atoms with E-state index in [4.69, 9.17) is 0 Å². The van der Waals surface area contributed by atoms with E-state index >= 15 is 0 Å². The number of nitrogens with one attached hydrogen (secondary N) is 1. The largest absolute Gasteiger partial charge is 0.313 e. The summed E-state index contributed by atoms with van der Waals surface area (Å²) in [4.78, 5) is 0.449. The molecule has 0 saturated carbocycles. The summed E-state index contributed by atoms with van der Waals surface area (Å²) in [6.45, 7) is 6.05. The summed E-state index contributed by atoms with van der Waals surface area (Å²) in [6, 6.07) is 7.39. The standard InChI is InChI=1S/C14H22N2O2S/c1-3-15-11-13-8-4-5-9-14(13)19(17,18)16-10-6-7-12(16)2/h4-5,8-9,12,15H,3,6-7,10-11H2,1-2H3. The summed E-state index contributed by atoms with van der Waals surface area (Å²) in [5, 5.41) is 3.20. The maximum Gasteiger partial charge on any atom is 0.243 e. The van der Waals surface area contributed by atoms with Crippen LogP contribution in [0.1, 0.15) is 32.3 Å². The number of hydrogen-bond donors (Lipinski definition) is 1. The lowest BCUT2D eigenvalue weighted by Crippen LogP contribution is -2.34. The van der Waals surface area contributed by atoms with Gasteiger partial charge in [0.25, 0.3) is 0 Å². The summed E-state index contributed by atoms with van der Waals surface area (Å²) in [5.41, 5.74) is 0.850. The Morgan fingerprint density at radius 1 is 1.37 bits per heavy atom. The number of nitrogens with zero attached hydrogens (tertiary/aromatic N) is 1. The molecule has 1 heterocycles. The molecule has 0 aromatic heterocycles. The van der Waals surface area contributed by atoms with E-state index in [0.29, 0.717) is 18.0 Å². The van der Waals surface area contributed by atoms with Crippen LogP contribution in [0.25, 0.3) is 0 Å². The normalized spacial score (nSPS) is 20.8. The minimum Gasteiger partial charge on any atom is -0.313 e. The van der Waals surface area contributed by atoms with Crippen molar-refractivity contribution in [2.75, 3.05) is 13.1 Å². The molecule has 0 amide bonds. The van der Waals surface area contributed by atoms with Gasteiger partial charge in [0, 0.05) is 19.1 Å². The van der Waals surface area contributed by atoms with Crippen molar-refractivity contribution in [3.63, 3.8) is 0 Å². The molecule has 1 aromatic carbocycles. The van der Waals surface area contributed by atoms with Crippen LogP contribution < -0.4 is 5.32 Å². The molecule has 2 rings (SSSR count). The monoisotopic (exact) mass is 282 g/mol. The average Bonchev–Trinajstić information content (AvgIpc) is 2.83. The van der Waals surface area contributed by atoms with Crippen LogP contribution in [0.15, 0.2) is 29.2 Å². The second-order valence-corrected chi connectivity index (χ2v) is 6.85. The molecule has 19 heavy (non-hydrogen) atoms. The fourth-order valence-electron chi connectivity index (χ4n) is 2.55. The first-order valence-electron chi connectivity index (χ1n) is 6.88. The zero-order valence-corrected chi connectivity index (χ0v) is 12.4. The van der Waals surface area contributed by atoms with Crippen LogP contribution in [-0.2, 0) is 16.6 Å². The van der Waals surface area contributed by atoms with Crippen molar-refractivity contribution in [3.8, 4) is 0 Å². The Morgan fingerprint density at radius 3 is 2.74 bits per heavy atom. The minimum absolute atomic E-state index is 0.109. The SMILES string of the molecule is CCNCc1ccccc1S(=O)(=O)N1CCCC1C. The third-order valence-corrected chi connectivity index (χ3v) is 5.73. The van der Waals surface area contributed by atoms with Crippen LogP contribution in [0.4, 0.5) is 0 Å². The van der Waals surface area contributed by atoms with Crippen molar-refractivity contribution in [2.45, 2.75) is 44.2 Å². The van der Waals surface area contributed by atoms with Crippen LogP contribution >= 0.6 is 0 Å². The molecule has 106 valence electrons. The van der Waals surface area contributed by atoms with E-state index in [1.807, 2.05) is 26.0 Å². The first kappa shape index (κ1) is 14.5. The lowest BCUT2D eigenvalue weighted by Gasteiger charge is -2.22. The molecule has 0 radical (unpaired) electrons. The molecule has 1 aromatic rings. The Hall–Kier alpha value is -0.910. The summed E-state index contributed by atoms with van der Waals surface area (Å²) >= 11 is 0. The van der Waals surface area contributed by atoms with Crippen LogP contribution in [0, 0.1) is 0 Å². The van der Waals surface area contributed by atoms with Crippen LogP contribution in [0.2, 0.25) is 0 Å². The zero-order chi connectivity index (χ0) is 13.9. The molecule has 0 bridgehead atoms. The van der Waals surface area contributed by atoms with Gasteiger partial charge in [-0.2, -0.15) is 4.31 Å². The van der Waals surface area contributed by atoms with Gasteiger partial charge in [0.2, 0.25) is 10.0 Å². The van der Waals surface area contributed by atoms with Crippen LogP contribution in [0.5, 0.6) is 0 Å². The van der Waals surface area contributed by atoms with E-state index in [1.54, 1.807) is 16.4 Å². The van der Waals surface area contributed by atoms with E-state index < -0.39 is 10.0 Å². The average molecular weight is 282 g/mol. The van der Waals surface area contributed by atoms with Crippen molar-refractivity contribution < 1.29 is 8.42 Å². The first-order valence-corrected chi connectivity index (χ1v) is 8.32. The van der Waals surface area contributed by atoms with E-state index in [-0.39, 0.29) is 6.04 Å². The predicted molar refractivity (Wildman–Crippen MR) is 76.4 cm³/mol. The Balaban J connectivity index is 2.34. The molecule has 0 spiro atoms. The van der Waals surface area contributed by atoms with Crippen molar-refractivity contribution in [1.82, 2.24) is 9.62 Å². The van der Waals surface area contributed by atoms with Crippen molar-refractivity contribution in [1.29, 1.82) is 0 Å². The molecule has 1 N–H and O–H groups in total. The summed E-state index contributed by atoms with van der Waals surface area (Å²) in [7, 11) is -3.36. The second-order valence-electron chi connectivity index (χ2n) is 5.00. The van der Waals surface area contributed by atoms with Crippen LogP contribution in [0.3, 0.4) is 0 Å². The van der Waals surface area contributed by atoms with E-state index in [2.05, 4.69) is 5.32 Å². The fourth-order valence-corrected chi connectivity index (χ4v) is 4.47. The molecule has 1 fully saturated rings. The number of benzene rings is 1. The Kier molecular flexibility index (Phi) is 4.60. The van der Waals surface area contributed by atoms with Crippen molar-refractivity contribution in [2.24, 2.45) is 0 Å². The topological polar surface area (TPSA) is 49.4 Å². The highest BCUT2D eigenvalue weighted by Gasteiger charge is 2.33. The minimum atomic E-state index is -3.36. The highest BCUT2D eigenvalue weighted by molar-refractivity contribution is 7.89. The van der Waals surface area contributed by atoms with E-state index in [1.165, 1.54) is 0 Å². The Labute approximate surface area is 115 Å². The third-order valence-electron chi connectivity index (χ3n) is 3.62. The van der Waals surface area contributed by atoms with Gasteiger partial charge >= 0.3 is 0 Å². The lowest BCUT2D eigenvalue weighted by molar-refractivity contribution is 0.407. The molecule has 1 saturated heterocycles. The number of sulfonamides is 1. The highest BCUT2D eigenvalue weighted by atomic mass is 32.2. The molecular formula is C14H22N2O2S. The summed E-state index contributed by atoms with van der Waals surface area (Å²) < 4.78 is 27.1. The first-order chi connectivity index (χ1) is 9.07. The molecule has 1 aliphatic rings. The summed E-state index contributed by atoms with van der Waals surface area (Å²) in [6.07, 6.45) is 1.91. The zero-order valence-electron chi connectivity index (χ0n) is 11.6. The van der Waals surface area contributed by atoms with Crippen molar-refractivity contribution >= 4 is 10.0 Å². The third kappa shape index (κ3) is 2.99. The van der Waals surface area contributed by atoms with Crippen LogP contribution in [-0.4, -0.2) is 31.9 Å². The predicted octanol–water partition coefficient (Wildman–Crippen LogP) is 1.97. The smallest absolute Gasteiger partial charge is 0.243 e. The Bertz CT molecular complexity index is 528. The molecule has 1 atom stereocenters. The second kappa shape index (κ2) is 6.03. The van der Waals surface area contributed by atoms with Gasteiger partial charge in [0.15, 0.2) is 0 Å². The van der Waals surface area contributed by atoms with Gasteiger partial charge in [-0.05, 0) is 37.9 Å². The maximum atomic E-state index is 12.7. The lowest BCUT2D eigenvalue weighted by atomic mass is 10.2. The van der Waals surface area contributed by atoms with E-state index in [0.717, 1.165) is 24.9 Å². The maximum absolute atomic E-state index is 12.7. The van der Waals surface area contributed by atoms with Gasteiger partial charge in [-0.1, -0.05) is 25.1 Å². The molecule has 1 unspecified atom stereocenters. The fraction of sp³-hybridized carbons (Fsp3) is 0.571. The Morgan fingerprint density at radius 2 is 2.11 bits per heavy atom. The van der Waals surface area contributed by atoms with Gasteiger partial charge in [-0.3, -0.25) is 0 Å². The molecule has 0 aliphatic carbocycles. The quantitative estimate of drug-likeness (QED) is 0.898. The van der Waals surface area contributed by atoms with E-state index in [9.17, 15) is 8.42 Å². The van der Waals surface area contributed by atoms with Gasteiger partial charge in [-0.25, -0.2) is 8.42 Å². The molecule has 5 heteroatoms.